The number of allylic oxidation sites excluding steroid dienone is 6. The minimum absolute atomic E-state index is 0.0607. The Kier molecular flexibility index (Phi) is 63.7. The molecule has 0 saturated heterocycles. The van der Waals surface area contributed by atoms with Crippen molar-refractivity contribution >= 4 is 11.9 Å². The third-order valence-corrected chi connectivity index (χ3v) is 15.4. The Morgan fingerprint density at radius 2 is 0.541 bits per heavy atom. The van der Waals surface area contributed by atoms with E-state index >= 15 is 0 Å². The molecular weight excluding hydrogens is 909 g/mol. The number of hydrogen-bond acceptors (Lipinski definition) is 5. The molecule has 0 radical (unpaired) electrons. The zero-order valence-electron chi connectivity index (χ0n) is 50.1. The second kappa shape index (κ2) is 65.4. The monoisotopic (exact) mass is 1040 g/mol. The van der Waals surface area contributed by atoms with Crippen molar-refractivity contribution in [2.24, 2.45) is 0 Å². The topological polar surface area (TPSA) is 72.8 Å². The average Bonchev–Trinajstić information content (AvgIpc) is 3.40. The summed E-state index contributed by atoms with van der Waals surface area (Å²) >= 11 is 0. The second-order valence-electron chi connectivity index (χ2n) is 22.9. The number of carbonyl (C=O) groups excluding carboxylic acids is 2. The molecule has 0 fully saturated rings. The molecule has 0 saturated carbocycles. The lowest BCUT2D eigenvalue weighted by molar-refractivity contribution is -0.161. The predicted molar refractivity (Wildman–Crippen MR) is 325 cm³/mol. The SMILES string of the molecule is CCCCCCC/C=C\C/C=C\CCCCCCCCCCCCCCCC(=O)OC(CO)COC(=O)CCCCCCCCCCCCCCCCCCCCCCCCC/C=C\CCCCCCCCCC. The van der Waals surface area contributed by atoms with Crippen LogP contribution in [-0.4, -0.2) is 36.4 Å². The predicted octanol–water partition coefficient (Wildman–Crippen LogP) is 23.0. The number of ether oxygens (including phenoxy) is 2. The molecule has 1 atom stereocenters. The summed E-state index contributed by atoms with van der Waals surface area (Å²) < 4.78 is 10.8. The van der Waals surface area contributed by atoms with Crippen LogP contribution in [-0.2, 0) is 19.1 Å². The number of carbonyl (C=O) groups is 2. The van der Waals surface area contributed by atoms with Gasteiger partial charge in [0.1, 0.15) is 6.61 Å². The highest BCUT2D eigenvalue weighted by molar-refractivity contribution is 5.70. The van der Waals surface area contributed by atoms with Gasteiger partial charge in [0.05, 0.1) is 6.61 Å². The van der Waals surface area contributed by atoms with E-state index in [2.05, 4.69) is 50.3 Å². The van der Waals surface area contributed by atoms with Crippen LogP contribution < -0.4 is 0 Å². The van der Waals surface area contributed by atoms with Crippen molar-refractivity contribution in [3.63, 3.8) is 0 Å². The van der Waals surface area contributed by atoms with E-state index in [9.17, 15) is 14.7 Å². The number of esters is 2. The first kappa shape index (κ1) is 72.1. The van der Waals surface area contributed by atoms with Crippen LogP contribution in [0.5, 0.6) is 0 Å². The summed E-state index contributed by atoms with van der Waals surface area (Å²) in [6, 6.07) is 0. The van der Waals surface area contributed by atoms with Gasteiger partial charge in [-0.2, -0.15) is 0 Å². The molecule has 0 spiro atoms. The van der Waals surface area contributed by atoms with E-state index in [4.69, 9.17) is 9.47 Å². The Morgan fingerprint density at radius 1 is 0.311 bits per heavy atom. The molecule has 0 aliphatic rings. The van der Waals surface area contributed by atoms with Gasteiger partial charge in [-0.3, -0.25) is 9.59 Å². The Morgan fingerprint density at radius 3 is 0.811 bits per heavy atom. The van der Waals surface area contributed by atoms with E-state index in [1.807, 2.05) is 0 Å². The maximum absolute atomic E-state index is 12.3. The highest BCUT2D eigenvalue weighted by Crippen LogP contribution is 2.18. The third kappa shape index (κ3) is 62.7. The molecule has 1 N–H and O–H groups in total. The zero-order valence-corrected chi connectivity index (χ0v) is 50.1. The van der Waals surface area contributed by atoms with Gasteiger partial charge in [-0.15, -0.1) is 0 Å². The molecule has 74 heavy (non-hydrogen) atoms. The van der Waals surface area contributed by atoms with Crippen molar-refractivity contribution in [1.29, 1.82) is 0 Å². The van der Waals surface area contributed by atoms with Gasteiger partial charge in [-0.1, -0.05) is 326 Å². The minimum atomic E-state index is -0.771. The first-order valence-corrected chi connectivity index (χ1v) is 33.5. The quantitative estimate of drug-likeness (QED) is 0.0373. The first-order valence-electron chi connectivity index (χ1n) is 33.5. The highest BCUT2D eigenvalue weighted by Gasteiger charge is 2.16. The van der Waals surface area contributed by atoms with Gasteiger partial charge in [0.15, 0.2) is 6.10 Å². The summed E-state index contributed by atoms with van der Waals surface area (Å²) in [6.07, 6.45) is 86.0. The van der Waals surface area contributed by atoms with E-state index < -0.39 is 6.10 Å². The molecule has 0 bridgehead atoms. The third-order valence-electron chi connectivity index (χ3n) is 15.4. The summed E-state index contributed by atoms with van der Waals surface area (Å²) in [5.74, 6) is -0.570. The van der Waals surface area contributed by atoms with Gasteiger partial charge in [-0.05, 0) is 70.6 Å². The van der Waals surface area contributed by atoms with Crippen LogP contribution in [0, 0.1) is 0 Å². The number of unbranched alkanes of at least 4 members (excludes halogenated alkanes) is 49. The van der Waals surface area contributed by atoms with Crippen LogP contribution in [0.4, 0.5) is 0 Å². The van der Waals surface area contributed by atoms with E-state index in [0.717, 1.165) is 38.5 Å². The van der Waals surface area contributed by atoms with Crippen molar-refractivity contribution in [3.8, 4) is 0 Å². The lowest BCUT2D eigenvalue weighted by Gasteiger charge is -2.15. The fourth-order valence-corrected chi connectivity index (χ4v) is 10.4. The second-order valence-corrected chi connectivity index (χ2v) is 22.9. The van der Waals surface area contributed by atoms with Crippen LogP contribution in [0.15, 0.2) is 36.5 Å². The van der Waals surface area contributed by atoms with E-state index in [0.29, 0.717) is 12.8 Å². The van der Waals surface area contributed by atoms with Crippen LogP contribution in [0.3, 0.4) is 0 Å². The molecule has 436 valence electrons. The summed E-state index contributed by atoms with van der Waals surface area (Å²) in [5.41, 5.74) is 0. The molecule has 0 heterocycles. The molecular formula is C69H130O5. The summed E-state index contributed by atoms with van der Waals surface area (Å²) in [4.78, 5) is 24.6. The maximum Gasteiger partial charge on any atom is 0.306 e. The molecule has 5 nitrogen and oxygen atoms in total. The van der Waals surface area contributed by atoms with E-state index in [-0.39, 0.29) is 25.2 Å². The van der Waals surface area contributed by atoms with Crippen LogP contribution in [0.2, 0.25) is 0 Å². The Labute approximate surface area is 463 Å². The van der Waals surface area contributed by atoms with Crippen molar-refractivity contribution < 1.29 is 24.2 Å². The molecule has 0 aromatic rings. The molecule has 0 rings (SSSR count). The number of hydrogen-bond donors (Lipinski definition) is 1. The lowest BCUT2D eigenvalue weighted by Crippen LogP contribution is -2.28. The largest absolute Gasteiger partial charge is 0.462 e. The lowest BCUT2D eigenvalue weighted by atomic mass is 10.0. The fourth-order valence-electron chi connectivity index (χ4n) is 10.4. The van der Waals surface area contributed by atoms with Gasteiger partial charge in [0.2, 0.25) is 0 Å². The zero-order chi connectivity index (χ0) is 53.4. The number of rotatable bonds is 63. The summed E-state index contributed by atoms with van der Waals surface area (Å²) in [7, 11) is 0. The van der Waals surface area contributed by atoms with Crippen molar-refractivity contribution in [1.82, 2.24) is 0 Å². The van der Waals surface area contributed by atoms with Crippen LogP contribution in [0.1, 0.15) is 373 Å². The molecule has 0 amide bonds. The Balaban J connectivity index is 3.39. The molecule has 0 aromatic carbocycles. The van der Waals surface area contributed by atoms with Crippen LogP contribution in [0.25, 0.3) is 0 Å². The molecule has 0 aliphatic heterocycles. The maximum atomic E-state index is 12.3. The number of aliphatic hydroxyl groups is 1. The molecule has 1 unspecified atom stereocenters. The molecule has 0 aromatic heterocycles. The van der Waals surface area contributed by atoms with Gasteiger partial charge in [-0.25, -0.2) is 0 Å². The van der Waals surface area contributed by atoms with E-state index in [1.54, 1.807) is 0 Å². The fraction of sp³-hybridized carbons (Fsp3) is 0.884. The number of aliphatic hydroxyl groups excluding tert-OH is 1. The van der Waals surface area contributed by atoms with Crippen molar-refractivity contribution in [3.05, 3.63) is 36.5 Å². The van der Waals surface area contributed by atoms with Gasteiger partial charge >= 0.3 is 11.9 Å². The van der Waals surface area contributed by atoms with Gasteiger partial charge < -0.3 is 14.6 Å². The van der Waals surface area contributed by atoms with Gasteiger partial charge in [0.25, 0.3) is 0 Å². The smallest absolute Gasteiger partial charge is 0.306 e. The summed E-state index contributed by atoms with van der Waals surface area (Å²) in [6.45, 7) is 4.18. The van der Waals surface area contributed by atoms with Crippen molar-refractivity contribution in [2.45, 2.75) is 380 Å². The van der Waals surface area contributed by atoms with Crippen LogP contribution >= 0.6 is 0 Å². The van der Waals surface area contributed by atoms with E-state index in [1.165, 1.54) is 308 Å². The standard InChI is InChI=1S/C69H130O5/c1-3-5-7-9-11-13-15-17-19-21-23-25-27-29-30-31-32-33-34-35-36-37-38-40-41-43-45-47-49-51-53-55-57-59-61-63-68(71)73-66-67(65-70)74-69(72)64-62-60-58-56-54-52-50-48-46-44-42-39-28-26-24-22-20-18-16-14-12-10-8-6-4-2/h16,18,21-24,67,70H,3-15,17,19-20,25-66H2,1-2H3/b18-16-,23-21-,24-22-. The minimum Gasteiger partial charge on any atom is -0.462 e. The highest BCUT2D eigenvalue weighted by atomic mass is 16.6. The average molecular weight is 1040 g/mol. The van der Waals surface area contributed by atoms with Crippen molar-refractivity contribution in [2.75, 3.05) is 13.2 Å². The normalized spacial score (nSPS) is 12.3. The Bertz CT molecular complexity index is 1170. The Hall–Kier alpha value is -1.88. The first-order chi connectivity index (χ1) is 36.6. The molecule has 0 aliphatic carbocycles. The summed E-state index contributed by atoms with van der Waals surface area (Å²) in [5, 5.41) is 9.69. The molecule has 5 heteroatoms. The van der Waals surface area contributed by atoms with Gasteiger partial charge in [0, 0.05) is 12.8 Å².